The number of ether oxygens (including phenoxy) is 1. The third-order valence-electron chi connectivity index (χ3n) is 3.93. The third kappa shape index (κ3) is 4.29. The van der Waals surface area contributed by atoms with E-state index in [1.165, 1.54) is 0 Å². The van der Waals surface area contributed by atoms with Gasteiger partial charge >= 0.3 is 0 Å². The molecule has 1 N–H and O–H groups in total. The summed E-state index contributed by atoms with van der Waals surface area (Å²) in [5.41, 5.74) is 1.34. The predicted octanol–water partition coefficient (Wildman–Crippen LogP) is 4.73. The molecule has 3 nitrogen and oxygen atoms in total. The second-order valence-electron chi connectivity index (χ2n) is 5.92. The number of halogens is 1. The molecule has 2 rings (SSSR count). The van der Waals surface area contributed by atoms with Crippen LogP contribution in [0.1, 0.15) is 25.0 Å². The smallest absolute Gasteiger partial charge is 0.165 e. The van der Waals surface area contributed by atoms with Gasteiger partial charge in [0.2, 0.25) is 0 Å². The number of phenolic OH excluding ortho intramolecular Hbond substituents is 1. The SMILES string of the molecule is CC(C)(c1ccc(O)cc1)c1ccc(OCC(CF)P=O)cc1. The molecule has 5 heteroatoms. The zero-order valence-corrected chi connectivity index (χ0v) is 14.1. The highest BCUT2D eigenvalue weighted by atomic mass is 31.1. The molecule has 0 heterocycles. The van der Waals surface area contributed by atoms with Crippen LogP contribution in [0.5, 0.6) is 11.5 Å². The summed E-state index contributed by atoms with van der Waals surface area (Å²) in [5, 5.41) is 9.41. The lowest BCUT2D eigenvalue weighted by molar-refractivity contribution is 0.293. The van der Waals surface area contributed by atoms with Gasteiger partial charge in [-0.1, -0.05) is 38.1 Å². The zero-order chi connectivity index (χ0) is 16.9. The Balaban J connectivity index is 2.11. The second-order valence-corrected chi connectivity index (χ2v) is 6.86. The van der Waals surface area contributed by atoms with Crippen molar-refractivity contribution in [2.75, 3.05) is 13.3 Å². The monoisotopic (exact) mass is 334 g/mol. The van der Waals surface area contributed by atoms with Gasteiger partial charge in [-0.2, -0.15) is 0 Å². The summed E-state index contributed by atoms with van der Waals surface area (Å²) in [7, 11) is -0.238. The summed E-state index contributed by atoms with van der Waals surface area (Å²) >= 11 is 0. The van der Waals surface area contributed by atoms with Gasteiger partial charge in [-0.15, -0.1) is 0 Å². The van der Waals surface area contributed by atoms with Crippen molar-refractivity contribution in [1.29, 1.82) is 0 Å². The molecule has 1 atom stereocenters. The Morgan fingerprint density at radius 3 is 2.09 bits per heavy atom. The molecule has 0 saturated heterocycles. The summed E-state index contributed by atoms with van der Waals surface area (Å²) in [6, 6.07) is 14.7. The van der Waals surface area contributed by atoms with E-state index in [1.54, 1.807) is 12.1 Å². The number of rotatable bonds is 7. The standard InChI is InChI=1S/C18H20FO3P/c1-18(2,13-3-7-15(20)8-4-13)14-5-9-16(10-6-14)22-12-17(11-19)23-21/h3-10,17,20H,11-12H2,1-2H3. The van der Waals surface area contributed by atoms with Gasteiger partial charge in [0.15, 0.2) is 8.46 Å². The van der Waals surface area contributed by atoms with Crippen LogP contribution in [-0.4, -0.2) is 24.0 Å². The van der Waals surface area contributed by atoms with E-state index < -0.39 is 12.3 Å². The Labute approximate surface area is 137 Å². The second kappa shape index (κ2) is 7.56. The van der Waals surface area contributed by atoms with Crippen LogP contribution < -0.4 is 4.74 Å². The molecule has 0 saturated carbocycles. The Hall–Kier alpha value is -1.93. The summed E-state index contributed by atoms with van der Waals surface area (Å²) in [5.74, 6) is 0.866. The van der Waals surface area contributed by atoms with Gasteiger partial charge in [0.25, 0.3) is 0 Å². The summed E-state index contributed by atoms with van der Waals surface area (Å²) in [6.45, 7) is 3.62. The number of benzene rings is 2. The molecule has 23 heavy (non-hydrogen) atoms. The predicted molar refractivity (Wildman–Crippen MR) is 89.5 cm³/mol. The maximum atomic E-state index is 12.5. The molecule has 0 amide bonds. The Morgan fingerprint density at radius 2 is 1.61 bits per heavy atom. The van der Waals surface area contributed by atoms with Crippen LogP contribution in [0.2, 0.25) is 0 Å². The first-order valence-corrected chi connectivity index (χ1v) is 8.27. The first-order chi connectivity index (χ1) is 11.0. The molecule has 0 fully saturated rings. The Kier molecular flexibility index (Phi) is 5.73. The van der Waals surface area contributed by atoms with E-state index in [2.05, 4.69) is 13.8 Å². The molecule has 2 aromatic rings. The van der Waals surface area contributed by atoms with Crippen LogP contribution in [0.25, 0.3) is 0 Å². The zero-order valence-electron chi connectivity index (χ0n) is 13.2. The average Bonchev–Trinajstić information content (AvgIpc) is 2.56. The average molecular weight is 334 g/mol. The maximum absolute atomic E-state index is 12.5. The number of phenols is 1. The molecule has 122 valence electrons. The van der Waals surface area contributed by atoms with Crippen LogP contribution in [-0.2, 0) is 9.98 Å². The largest absolute Gasteiger partial charge is 0.508 e. The van der Waals surface area contributed by atoms with Crippen molar-refractivity contribution in [3.8, 4) is 11.5 Å². The van der Waals surface area contributed by atoms with Crippen molar-refractivity contribution in [2.24, 2.45) is 0 Å². The quantitative estimate of drug-likeness (QED) is 0.745. The highest BCUT2D eigenvalue weighted by molar-refractivity contribution is 7.24. The minimum absolute atomic E-state index is 0.0856. The topological polar surface area (TPSA) is 46.5 Å². The van der Waals surface area contributed by atoms with E-state index >= 15 is 0 Å². The van der Waals surface area contributed by atoms with Crippen LogP contribution >= 0.6 is 8.46 Å². The highest BCUT2D eigenvalue weighted by Gasteiger charge is 2.23. The van der Waals surface area contributed by atoms with Crippen molar-refractivity contribution in [3.05, 3.63) is 59.7 Å². The van der Waals surface area contributed by atoms with Crippen molar-refractivity contribution in [2.45, 2.75) is 24.9 Å². The van der Waals surface area contributed by atoms with Crippen molar-refractivity contribution in [3.63, 3.8) is 0 Å². The number of aromatic hydroxyl groups is 1. The van der Waals surface area contributed by atoms with E-state index in [1.807, 2.05) is 36.4 Å². The van der Waals surface area contributed by atoms with Crippen LogP contribution in [0, 0.1) is 0 Å². The van der Waals surface area contributed by atoms with E-state index in [-0.39, 0.29) is 26.2 Å². The van der Waals surface area contributed by atoms with E-state index in [9.17, 15) is 14.1 Å². The van der Waals surface area contributed by atoms with Gasteiger partial charge in [-0.3, -0.25) is 4.57 Å². The molecule has 0 aromatic heterocycles. The molecule has 0 bridgehead atoms. The Bertz CT molecular complexity index is 638. The molecule has 2 aromatic carbocycles. The fourth-order valence-corrected chi connectivity index (χ4v) is 2.50. The molecule has 0 radical (unpaired) electrons. The number of hydrogen-bond donors (Lipinski definition) is 1. The van der Waals surface area contributed by atoms with E-state index in [0.717, 1.165) is 11.1 Å². The lowest BCUT2D eigenvalue weighted by atomic mass is 9.78. The molecule has 1 unspecified atom stereocenters. The third-order valence-corrected chi connectivity index (χ3v) is 4.52. The summed E-state index contributed by atoms with van der Waals surface area (Å²) in [4.78, 5) is 0. The number of hydrogen-bond acceptors (Lipinski definition) is 3. The lowest BCUT2D eigenvalue weighted by Gasteiger charge is -2.26. The molecule has 0 aliphatic carbocycles. The minimum Gasteiger partial charge on any atom is -0.508 e. The maximum Gasteiger partial charge on any atom is 0.165 e. The first-order valence-electron chi connectivity index (χ1n) is 7.38. The molecule has 0 aliphatic heterocycles. The van der Waals surface area contributed by atoms with Crippen molar-refractivity contribution >= 4 is 8.46 Å². The van der Waals surface area contributed by atoms with Crippen LogP contribution in [0.15, 0.2) is 48.5 Å². The lowest BCUT2D eigenvalue weighted by Crippen LogP contribution is -2.18. The molecule has 0 spiro atoms. The van der Waals surface area contributed by atoms with Crippen molar-refractivity contribution < 1.29 is 18.8 Å². The van der Waals surface area contributed by atoms with Gasteiger partial charge in [0, 0.05) is 5.41 Å². The summed E-state index contributed by atoms with van der Waals surface area (Å²) in [6.07, 6.45) is 0. The minimum atomic E-state index is -0.670. The van der Waals surface area contributed by atoms with E-state index in [0.29, 0.717) is 5.75 Å². The van der Waals surface area contributed by atoms with Gasteiger partial charge in [-0.05, 0) is 35.4 Å². The van der Waals surface area contributed by atoms with Gasteiger partial charge in [-0.25, -0.2) is 4.39 Å². The number of alkyl halides is 1. The van der Waals surface area contributed by atoms with Crippen LogP contribution in [0.4, 0.5) is 4.39 Å². The van der Waals surface area contributed by atoms with E-state index in [4.69, 9.17) is 4.74 Å². The highest BCUT2D eigenvalue weighted by Crippen LogP contribution is 2.33. The molecular weight excluding hydrogens is 314 g/mol. The fourth-order valence-electron chi connectivity index (χ4n) is 2.31. The van der Waals surface area contributed by atoms with Gasteiger partial charge < -0.3 is 9.84 Å². The van der Waals surface area contributed by atoms with Gasteiger partial charge in [0.1, 0.15) is 30.4 Å². The first kappa shape index (κ1) is 17.4. The normalized spacial score (nSPS) is 13.0. The molecule has 0 aliphatic rings. The molecular formula is C18H20FO3P. The summed E-state index contributed by atoms with van der Waals surface area (Å²) < 4.78 is 28.6. The van der Waals surface area contributed by atoms with Crippen molar-refractivity contribution in [1.82, 2.24) is 0 Å². The Morgan fingerprint density at radius 1 is 1.09 bits per heavy atom. The fraction of sp³-hybridized carbons (Fsp3) is 0.333. The van der Waals surface area contributed by atoms with Crippen LogP contribution in [0.3, 0.4) is 0 Å². The van der Waals surface area contributed by atoms with Gasteiger partial charge in [0.05, 0.1) is 0 Å².